The first-order chi connectivity index (χ1) is 9.15. The van der Waals surface area contributed by atoms with Crippen LogP contribution in [0.3, 0.4) is 0 Å². The largest absolute Gasteiger partial charge is 0.295 e. The zero-order valence-corrected chi connectivity index (χ0v) is 12.1. The standard InChI is InChI=1S/C14H11FOS.C2H6/c1-10(16)11-2-6-13(7-3-11)17-14-8-4-12(15)5-9-14;1-2/h2-9H,1H3;1-2H3. The average Bonchev–Trinajstić information content (AvgIpc) is 2.44. The van der Waals surface area contributed by atoms with E-state index >= 15 is 0 Å². The molecule has 0 N–H and O–H groups in total. The van der Waals surface area contributed by atoms with Crippen molar-refractivity contribution in [2.45, 2.75) is 30.6 Å². The van der Waals surface area contributed by atoms with E-state index in [1.54, 1.807) is 31.2 Å². The number of hydrogen-bond acceptors (Lipinski definition) is 2. The van der Waals surface area contributed by atoms with Gasteiger partial charge < -0.3 is 0 Å². The zero-order valence-electron chi connectivity index (χ0n) is 11.3. The Hall–Kier alpha value is -1.61. The van der Waals surface area contributed by atoms with Gasteiger partial charge >= 0.3 is 0 Å². The lowest BCUT2D eigenvalue weighted by atomic mass is 10.2. The summed E-state index contributed by atoms with van der Waals surface area (Å²) in [6, 6.07) is 13.7. The molecule has 0 aliphatic rings. The van der Waals surface area contributed by atoms with Crippen LogP contribution in [0.5, 0.6) is 0 Å². The van der Waals surface area contributed by atoms with Gasteiger partial charge in [0.2, 0.25) is 0 Å². The van der Waals surface area contributed by atoms with Gasteiger partial charge in [0.25, 0.3) is 0 Å². The van der Waals surface area contributed by atoms with E-state index in [1.807, 2.05) is 26.0 Å². The smallest absolute Gasteiger partial charge is 0.159 e. The summed E-state index contributed by atoms with van der Waals surface area (Å²) in [5.41, 5.74) is 0.702. The molecule has 0 aliphatic heterocycles. The van der Waals surface area contributed by atoms with Gasteiger partial charge in [-0.2, -0.15) is 0 Å². The van der Waals surface area contributed by atoms with E-state index in [2.05, 4.69) is 0 Å². The number of rotatable bonds is 3. The summed E-state index contributed by atoms with van der Waals surface area (Å²) < 4.78 is 12.7. The van der Waals surface area contributed by atoms with Crippen LogP contribution in [0.4, 0.5) is 4.39 Å². The first-order valence-electron chi connectivity index (χ1n) is 6.19. The van der Waals surface area contributed by atoms with Crippen LogP contribution >= 0.6 is 11.8 Å². The first kappa shape index (κ1) is 15.4. The Balaban J connectivity index is 0.000000861. The van der Waals surface area contributed by atoms with Crippen molar-refractivity contribution < 1.29 is 9.18 Å². The molecule has 19 heavy (non-hydrogen) atoms. The van der Waals surface area contributed by atoms with Crippen molar-refractivity contribution >= 4 is 17.5 Å². The quantitative estimate of drug-likeness (QED) is 0.716. The summed E-state index contributed by atoms with van der Waals surface area (Å²) in [5, 5.41) is 0. The van der Waals surface area contributed by atoms with E-state index in [0.717, 1.165) is 9.79 Å². The molecule has 0 radical (unpaired) electrons. The molecule has 0 bridgehead atoms. The Labute approximate surface area is 117 Å². The minimum Gasteiger partial charge on any atom is -0.295 e. The highest BCUT2D eigenvalue weighted by Crippen LogP contribution is 2.27. The number of halogens is 1. The Bertz CT molecular complexity index is 517. The van der Waals surface area contributed by atoms with Gasteiger partial charge in [0, 0.05) is 15.4 Å². The number of benzene rings is 2. The van der Waals surface area contributed by atoms with Gasteiger partial charge in [-0.3, -0.25) is 4.79 Å². The Kier molecular flexibility index (Phi) is 6.30. The van der Waals surface area contributed by atoms with E-state index in [1.165, 1.54) is 23.9 Å². The SMILES string of the molecule is CC.CC(=O)c1ccc(Sc2ccc(F)cc2)cc1. The molecule has 0 heterocycles. The highest BCUT2D eigenvalue weighted by Gasteiger charge is 2.01. The van der Waals surface area contributed by atoms with E-state index in [9.17, 15) is 9.18 Å². The van der Waals surface area contributed by atoms with E-state index < -0.39 is 0 Å². The monoisotopic (exact) mass is 276 g/mol. The molecule has 1 nitrogen and oxygen atoms in total. The van der Waals surface area contributed by atoms with Crippen LogP contribution in [0.25, 0.3) is 0 Å². The molecule has 0 saturated heterocycles. The minimum absolute atomic E-state index is 0.0586. The number of hydrogen-bond donors (Lipinski definition) is 0. The number of carbonyl (C=O) groups is 1. The van der Waals surface area contributed by atoms with Gasteiger partial charge in [0.1, 0.15) is 5.82 Å². The van der Waals surface area contributed by atoms with Gasteiger partial charge in [0.05, 0.1) is 0 Å². The second kappa shape index (κ2) is 7.74. The zero-order chi connectivity index (χ0) is 14.3. The summed E-state index contributed by atoms with van der Waals surface area (Å²) in [4.78, 5) is 13.1. The lowest BCUT2D eigenvalue weighted by Gasteiger charge is -2.02. The molecule has 3 heteroatoms. The van der Waals surface area contributed by atoms with Crippen LogP contribution in [0, 0.1) is 5.82 Å². The molecule has 0 aromatic heterocycles. The average molecular weight is 276 g/mol. The van der Waals surface area contributed by atoms with Crippen molar-refractivity contribution in [1.29, 1.82) is 0 Å². The van der Waals surface area contributed by atoms with Gasteiger partial charge in [-0.1, -0.05) is 37.7 Å². The Morgan fingerprint density at radius 3 is 1.74 bits per heavy atom. The fourth-order valence-electron chi connectivity index (χ4n) is 1.40. The second-order valence-electron chi connectivity index (χ2n) is 3.64. The fraction of sp³-hybridized carbons (Fsp3) is 0.188. The molecular weight excluding hydrogens is 259 g/mol. The molecule has 0 spiro atoms. The molecule has 0 amide bonds. The van der Waals surface area contributed by atoms with Crippen molar-refractivity contribution in [3.8, 4) is 0 Å². The summed E-state index contributed by atoms with van der Waals surface area (Å²) in [5.74, 6) is -0.176. The third-order valence-electron chi connectivity index (χ3n) is 2.31. The summed E-state index contributed by atoms with van der Waals surface area (Å²) in [6.45, 7) is 5.54. The van der Waals surface area contributed by atoms with Crippen molar-refractivity contribution in [2.24, 2.45) is 0 Å². The maximum Gasteiger partial charge on any atom is 0.159 e. The summed E-state index contributed by atoms with van der Waals surface area (Å²) in [6.07, 6.45) is 0. The highest BCUT2D eigenvalue weighted by molar-refractivity contribution is 7.99. The molecule has 2 aromatic carbocycles. The van der Waals surface area contributed by atoms with Gasteiger partial charge in [-0.05, 0) is 43.3 Å². The topological polar surface area (TPSA) is 17.1 Å². The molecule has 0 saturated carbocycles. The van der Waals surface area contributed by atoms with Crippen molar-refractivity contribution in [1.82, 2.24) is 0 Å². The van der Waals surface area contributed by atoms with E-state index in [4.69, 9.17) is 0 Å². The third-order valence-corrected chi connectivity index (χ3v) is 3.33. The lowest BCUT2D eigenvalue weighted by Crippen LogP contribution is -1.90. The molecular formula is C16H17FOS. The summed E-state index contributed by atoms with van der Waals surface area (Å²) in [7, 11) is 0. The fourth-order valence-corrected chi connectivity index (χ4v) is 2.21. The molecule has 0 unspecified atom stereocenters. The molecule has 0 fully saturated rings. The van der Waals surface area contributed by atoms with E-state index in [-0.39, 0.29) is 11.6 Å². The molecule has 100 valence electrons. The van der Waals surface area contributed by atoms with Crippen LogP contribution in [0.2, 0.25) is 0 Å². The van der Waals surface area contributed by atoms with Gasteiger partial charge in [-0.15, -0.1) is 0 Å². The van der Waals surface area contributed by atoms with Gasteiger partial charge in [0.15, 0.2) is 5.78 Å². The third kappa shape index (κ3) is 4.87. The molecule has 0 aliphatic carbocycles. The Morgan fingerprint density at radius 2 is 1.32 bits per heavy atom. The number of Topliss-reactive ketones (excluding diaryl/α,β-unsaturated/α-hetero) is 1. The minimum atomic E-state index is -0.235. The van der Waals surface area contributed by atoms with Crippen LogP contribution in [0.15, 0.2) is 58.3 Å². The second-order valence-corrected chi connectivity index (χ2v) is 4.78. The molecule has 0 atom stereocenters. The predicted octanol–water partition coefficient (Wildman–Crippen LogP) is 5.21. The van der Waals surface area contributed by atoms with Crippen LogP contribution in [-0.4, -0.2) is 5.78 Å². The van der Waals surface area contributed by atoms with Gasteiger partial charge in [-0.25, -0.2) is 4.39 Å². The van der Waals surface area contributed by atoms with Crippen LogP contribution in [0.1, 0.15) is 31.1 Å². The number of carbonyl (C=O) groups excluding carboxylic acids is 1. The first-order valence-corrected chi connectivity index (χ1v) is 7.01. The highest BCUT2D eigenvalue weighted by atomic mass is 32.2. The van der Waals surface area contributed by atoms with E-state index in [0.29, 0.717) is 5.56 Å². The molecule has 2 rings (SSSR count). The van der Waals surface area contributed by atoms with Crippen molar-refractivity contribution in [3.63, 3.8) is 0 Å². The van der Waals surface area contributed by atoms with Crippen molar-refractivity contribution in [3.05, 3.63) is 59.9 Å². The summed E-state index contributed by atoms with van der Waals surface area (Å²) >= 11 is 1.54. The van der Waals surface area contributed by atoms with Crippen LogP contribution < -0.4 is 0 Å². The predicted molar refractivity (Wildman–Crippen MR) is 78.3 cm³/mol. The Morgan fingerprint density at radius 1 is 0.895 bits per heavy atom. The maximum atomic E-state index is 12.7. The normalized spacial score (nSPS) is 9.47. The van der Waals surface area contributed by atoms with Crippen molar-refractivity contribution in [2.75, 3.05) is 0 Å². The lowest BCUT2D eigenvalue weighted by molar-refractivity contribution is 0.101. The molecule has 2 aromatic rings. The van der Waals surface area contributed by atoms with Crippen LogP contribution in [-0.2, 0) is 0 Å². The number of ketones is 1. The maximum absolute atomic E-state index is 12.7.